The van der Waals surface area contributed by atoms with E-state index < -0.39 is 5.41 Å². The lowest BCUT2D eigenvalue weighted by Gasteiger charge is -2.39. The van der Waals surface area contributed by atoms with Gasteiger partial charge in [0.15, 0.2) is 17.5 Å². The fraction of sp³-hybridized carbons (Fsp3) is 0.0238. The van der Waals surface area contributed by atoms with Crippen molar-refractivity contribution in [2.75, 3.05) is 0 Å². The van der Waals surface area contributed by atoms with Gasteiger partial charge in [-0.2, -0.15) is 0 Å². The molecule has 0 fully saturated rings. The monoisotopic (exact) mass is 635 g/mol. The van der Waals surface area contributed by atoms with Crippen LogP contribution in [-0.4, -0.2) is 15.0 Å². The molecule has 5 heteroatoms. The Morgan fingerprint density at radius 3 is 1.68 bits per heavy atom. The van der Waals surface area contributed by atoms with Gasteiger partial charge in [0.05, 0.1) is 5.41 Å². The molecule has 1 aliphatic carbocycles. The minimum absolute atomic E-state index is 0.479. The first kappa shape index (κ1) is 26.8. The Morgan fingerprint density at radius 1 is 0.447 bits per heavy atom. The molecule has 0 unspecified atom stereocenters. The van der Waals surface area contributed by atoms with Gasteiger partial charge in [0.1, 0.15) is 0 Å². The molecule has 8 aromatic rings. The second-order valence-electron chi connectivity index (χ2n) is 12.0. The van der Waals surface area contributed by atoms with Crippen molar-refractivity contribution in [2.24, 2.45) is 0 Å². The molecule has 2 aromatic heterocycles. The van der Waals surface area contributed by atoms with Crippen LogP contribution >= 0.6 is 23.1 Å². The zero-order chi connectivity index (χ0) is 31.0. The number of rotatable bonds is 3. The van der Waals surface area contributed by atoms with E-state index in [-0.39, 0.29) is 0 Å². The van der Waals surface area contributed by atoms with Gasteiger partial charge in [0.25, 0.3) is 0 Å². The number of hydrogen-bond donors (Lipinski definition) is 0. The molecule has 0 atom stereocenters. The largest absolute Gasteiger partial charge is 0.208 e. The Labute approximate surface area is 280 Å². The molecule has 0 saturated carbocycles. The predicted octanol–water partition coefficient (Wildman–Crippen LogP) is 10.9. The molecule has 0 saturated heterocycles. The van der Waals surface area contributed by atoms with E-state index in [0.717, 1.165) is 16.7 Å². The topological polar surface area (TPSA) is 38.7 Å². The number of hydrogen-bond acceptors (Lipinski definition) is 5. The second kappa shape index (κ2) is 10.3. The zero-order valence-electron chi connectivity index (χ0n) is 25.1. The highest BCUT2D eigenvalue weighted by atomic mass is 32.2. The Balaban J connectivity index is 1.33. The van der Waals surface area contributed by atoms with E-state index in [0.29, 0.717) is 17.5 Å². The fourth-order valence-electron chi connectivity index (χ4n) is 7.52. The summed E-state index contributed by atoms with van der Waals surface area (Å²) in [5.74, 6) is 2.01. The van der Waals surface area contributed by atoms with Crippen molar-refractivity contribution >= 4 is 33.2 Å². The maximum atomic E-state index is 5.20. The highest BCUT2D eigenvalue weighted by Crippen LogP contribution is 2.63. The molecule has 2 aliphatic rings. The Bertz CT molecular complexity index is 2400. The van der Waals surface area contributed by atoms with Gasteiger partial charge in [0, 0.05) is 31.2 Å². The van der Waals surface area contributed by atoms with Crippen molar-refractivity contribution in [3.63, 3.8) is 0 Å². The van der Waals surface area contributed by atoms with E-state index >= 15 is 0 Å². The van der Waals surface area contributed by atoms with Crippen LogP contribution in [0, 0.1) is 0 Å². The minimum atomic E-state index is -0.479. The average Bonchev–Trinajstić information content (AvgIpc) is 3.72. The number of benzene rings is 6. The maximum absolute atomic E-state index is 5.20. The SMILES string of the molecule is c1ccc(-c2nc(-c3ccccc3)nc(-c3cccc4c3-c3cc5sccc5cc3C43c4ccccc4Sc4ccccc43)n2)cc1. The lowest BCUT2D eigenvalue weighted by molar-refractivity contribution is 0.723. The molecule has 3 heterocycles. The Kier molecular flexibility index (Phi) is 5.89. The number of thiophene rings is 1. The quantitative estimate of drug-likeness (QED) is 0.194. The van der Waals surface area contributed by atoms with Crippen LogP contribution in [0.15, 0.2) is 161 Å². The molecule has 1 aliphatic heterocycles. The smallest absolute Gasteiger partial charge is 0.164 e. The molecule has 0 radical (unpaired) electrons. The van der Waals surface area contributed by atoms with Crippen LogP contribution in [0.2, 0.25) is 0 Å². The van der Waals surface area contributed by atoms with E-state index in [1.165, 1.54) is 53.3 Å². The summed E-state index contributed by atoms with van der Waals surface area (Å²) in [4.78, 5) is 18.0. The van der Waals surface area contributed by atoms with Crippen molar-refractivity contribution in [2.45, 2.75) is 15.2 Å². The average molecular weight is 636 g/mol. The summed E-state index contributed by atoms with van der Waals surface area (Å²) in [6.07, 6.45) is 0. The number of nitrogens with zero attached hydrogens (tertiary/aromatic N) is 3. The minimum Gasteiger partial charge on any atom is -0.208 e. The van der Waals surface area contributed by atoms with Crippen LogP contribution in [0.25, 0.3) is 55.4 Å². The van der Waals surface area contributed by atoms with Crippen LogP contribution in [0.5, 0.6) is 0 Å². The van der Waals surface area contributed by atoms with Gasteiger partial charge in [0.2, 0.25) is 0 Å². The second-order valence-corrected chi connectivity index (χ2v) is 14.0. The van der Waals surface area contributed by atoms with E-state index in [4.69, 9.17) is 15.0 Å². The van der Waals surface area contributed by atoms with E-state index in [1.54, 1.807) is 11.3 Å². The molecule has 220 valence electrons. The highest BCUT2D eigenvalue weighted by molar-refractivity contribution is 7.99. The summed E-state index contributed by atoms with van der Waals surface area (Å²) in [5, 5.41) is 3.47. The first-order valence-electron chi connectivity index (χ1n) is 15.7. The molecule has 0 bridgehead atoms. The third-order valence-corrected chi connectivity index (χ3v) is 11.5. The van der Waals surface area contributed by atoms with Gasteiger partial charge in [-0.1, -0.05) is 127 Å². The van der Waals surface area contributed by atoms with Crippen molar-refractivity contribution in [3.05, 3.63) is 173 Å². The fourth-order valence-corrected chi connectivity index (χ4v) is 9.52. The first-order chi connectivity index (χ1) is 23.3. The van der Waals surface area contributed by atoms with E-state index in [2.05, 4.69) is 115 Å². The lowest BCUT2D eigenvalue weighted by atomic mass is 9.67. The van der Waals surface area contributed by atoms with Crippen LogP contribution in [0.1, 0.15) is 22.3 Å². The maximum Gasteiger partial charge on any atom is 0.164 e. The van der Waals surface area contributed by atoms with Crippen LogP contribution in [0.4, 0.5) is 0 Å². The van der Waals surface area contributed by atoms with Gasteiger partial charge in [-0.15, -0.1) is 11.3 Å². The molecule has 0 amide bonds. The van der Waals surface area contributed by atoms with Gasteiger partial charge >= 0.3 is 0 Å². The molecule has 1 spiro atoms. The van der Waals surface area contributed by atoms with Crippen LogP contribution in [0.3, 0.4) is 0 Å². The van der Waals surface area contributed by atoms with Crippen LogP contribution in [-0.2, 0) is 5.41 Å². The number of fused-ring (bicyclic) bond motifs is 10. The van der Waals surface area contributed by atoms with Gasteiger partial charge in [-0.3, -0.25) is 0 Å². The summed E-state index contributed by atoms with van der Waals surface area (Å²) >= 11 is 3.66. The highest BCUT2D eigenvalue weighted by Gasteiger charge is 2.51. The summed E-state index contributed by atoms with van der Waals surface area (Å²) in [5.41, 5.74) is 10.1. The van der Waals surface area contributed by atoms with E-state index in [9.17, 15) is 0 Å². The molecular weight excluding hydrogens is 611 g/mol. The zero-order valence-corrected chi connectivity index (χ0v) is 26.7. The van der Waals surface area contributed by atoms with E-state index in [1.807, 2.05) is 48.2 Å². The summed E-state index contributed by atoms with van der Waals surface area (Å²) in [6, 6.07) is 52.1. The third kappa shape index (κ3) is 3.91. The molecule has 6 aromatic carbocycles. The molecule has 10 rings (SSSR count). The van der Waals surface area contributed by atoms with Gasteiger partial charge in [-0.05, 0) is 74.5 Å². The standard InChI is InChI=1S/C42H25N3S2/c1-3-12-26(13-4-1)39-43-40(27-14-5-2-6-15-27)45-41(44-39)29-16-11-19-33-38(29)30-25-37-28(22-23-46-37)24-34(30)42(33)31-17-7-9-20-35(31)47-36-21-10-8-18-32(36)42/h1-25H. The third-order valence-electron chi connectivity index (χ3n) is 9.48. The molecule has 0 N–H and O–H groups in total. The van der Waals surface area contributed by atoms with Gasteiger partial charge < -0.3 is 0 Å². The molecular formula is C42H25N3S2. The Hall–Kier alpha value is -5.36. The normalized spacial score (nSPS) is 13.6. The summed E-state index contributed by atoms with van der Waals surface area (Å²) < 4.78 is 1.28. The van der Waals surface area contributed by atoms with Crippen molar-refractivity contribution in [1.29, 1.82) is 0 Å². The first-order valence-corrected chi connectivity index (χ1v) is 17.4. The predicted molar refractivity (Wildman–Crippen MR) is 193 cm³/mol. The molecule has 3 nitrogen and oxygen atoms in total. The van der Waals surface area contributed by atoms with Crippen molar-refractivity contribution < 1.29 is 0 Å². The summed E-state index contributed by atoms with van der Waals surface area (Å²) in [6.45, 7) is 0. The number of aromatic nitrogens is 3. The van der Waals surface area contributed by atoms with Crippen LogP contribution < -0.4 is 0 Å². The molecule has 47 heavy (non-hydrogen) atoms. The Morgan fingerprint density at radius 2 is 1.02 bits per heavy atom. The lowest BCUT2D eigenvalue weighted by Crippen LogP contribution is -2.31. The van der Waals surface area contributed by atoms with Gasteiger partial charge in [-0.25, -0.2) is 15.0 Å². The van der Waals surface area contributed by atoms with Crippen molar-refractivity contribution in [1.82, 2.24) is 15.0 Å². The van der Waals surface area contributed by atoms with Crippen molar-refractivity contribution in [3.8, 4) is 45.3 Å². The summed E-state index contributed by atoms with van der Waals surface area (Å²) in [7, 11) is 0.